The fraction of sp³-hybridized carbons (Fsp3) is 0.611. The minimum Gasteiger partial charge on any atom is -0.490 e. The topological polar surface area (TPSA) is 92.3 Å². The number of nitrogens with one attached hydrogen (secondary N) is 2. The molecule has 1 saturated heterocycles. The van der Waals surface area contributed by atoms with E-state index in [9.17, 15) is 8.42 Å². The van der Waals surface area contributed by atoms with Crippen LogP contribution in [0, 0.1) is 0 Å². The monoisotopic (exact) mass is 524 g/mol. The number of anilines is 1. The fourth-order valence-corrected chi connectivity index (χ4v) is 4.48. The Labute approximate surface area is 184 Å². The van der Waals surface area contributed by atoms with Crippen LogP contribution in [0.4, 0.5) is 5.69 Å². The Bertz CT molecular complexity index is 788. The maximum Gasteiger partial charge on any atom is 0.211 e. The van der Waals surface area contributed by atoms with E-state index in [1.54, 1.807) is 4.31 Å². The Kier molecular flexibility index (Phi) is 8.62. The molecule has 2 heterocycles. The smallest absolute Gasteiger partial charge is 0.211 e. The van der Waals surface area contributed by atoms with Gasteiger partial charge in [0.2, 0.25) is 10.0 Å². The van der Waals surface area contributed by atoms with Gasteiger partial charge in [0, 0.05) is 37.3 Å². The van der Waals surface area contributed by atoms with E-state index in [2.05, 4.69) is 15.6 Å². The first kappa shape index (κ1) is 23.0. The minimum atomic E-state index is -3.19. The van der Waals surface area contributed by atoms with Gasteiger partial charge in [0.25, 0.3) is 0 Å². The van der Waals surface area contributed by atoms with E-state index in [0.29, 0.717) is 44.6 Å². The van der Waals surface area contributed by atoms with E-state index in [-0.39, 0.29) is 30.0 Å². The molecule has 2 N–H and O–H groups in total. The quantitative estimate of drug-likeness (QED) is 0.349. The van der Waals surface area contributed by atoms with E-state index in [1.165, 1.54) is 6.26 Å². The highest BCUT2D eigenvalue weighted by Gasteiger charge is 2.31. The predicted molar refractivity (Wildman–Crippen MR) is 122 cm³/mol. The van der Waals surface area contributed by atoms with Crippen LogP contribution in [0.1, 0.15) is 26.2 Å². The molecule has 0 radical (unpaired) electrons. The number of benzene rings is 1. The van der Waals surface area contributed by atoms with Gasteiger partial charge in [0.1, 0.15) is 0 Å². The van der Waals surface area contributed by atoms with Crippen LogP contribution >= 0.6 is 24.0 Å². The van der Waals surface area contributed by atoms with Gasteiger partial charge < -0.3 is 20.1 Å². The molecule has 0 amide bonds. The Morgan fingerprint density at radius 2 is 2.00 bits per heavy atom. The Hall–Kier alpha value is -1.27. The van der Waals surface area contributed by atoms with Gasteiger partial charge in [0.15, 0.2) is 17.5 Å². The molecule has 10 heteroatoms. The molecule has 0 aromatic heterocycles. The predicted octanol–water partition coefficient (Wildman–Crippen LogP) is 2.27. The molecular weight excluding hydrogens is 495 g/mol. The highest BCUT2D eigenvalue weighted by molar-refractivity contribution is 14.0. The third-order valence-electron chi connectivity index (χ3n) is 4.56. The van der Waals surface area contributed by atoms with E-state index in [4.69, 9.17) is 9.47 Å². The summed E-state index contributed by atoms with van der Waals surface area (Å²) in [6, 6.07) is 5.61. The van der Waals surface area contributed by atoms with Crippen LogP contribution < -0.4 is 20.1 Å². The SMILES string of the molecule is CCNC(=NC[C@H]1CCCN1S(C)(=O)=O)Nc1ccc2c(c1)OCCCO2.I. The lowest BCUT2D eigenvalue weighted by Gasteiger charge is -2.21. The Morgan fingerprint density at radius 1 is 1.25 bits per heavy atom. The van der Waals surface area contributed by atoms with Crippen molar-refractivity contribution >= 4 is 45.6 Å². The third kappa shape index (κ3) is 6.11. The van der Waals surface area contributed by atoms with Crippen LogP contribution in [0.2, 0.25) is 0 Å². The number of hydrogen-bond donors (Lipinski definition) is 2. The molecule has 1 aromatic rings. The van der Waals surface area contributed by atoms with E-state index in [1.807, 2.05) is 25.1 Å². The van der Waals surface area contributed by atoms with Crippen LogP contribution in [0.5, 0.6) is 11.5 Å². The zero-order valence-electron chi connectivity index (χ0n) is 16.3. The maximum absolute atomic E-state index is 11.9. The number of rotatable bonds is 5. The second kappa shape index (κ2) is 10.5. The van der Waals surface area contributed by atoms with Crippen molar-refractivity contribution in [2.24, 2.45) is 4.99 Å². The van der Waals surface area contributed by atoms with Crippen LogP contribution in [0.15, 0.2) is 23.2 Å². The van der Waals surface area contributed by atoms with Gasteiger partial charge in [-0.25, -0.2) is 8.42 Å². The first-order chi connectivity index (χ1) is 13.0. The standard InChI is InChI=1S/C18H28N4O4S.HI/c1-3-19-18(20-13-15-6-4-9-22(15)27(2,23)24)21-14-7-8-16-17(12-14)26-11-5-10-25-16;/h7-8,12,15H,3-6,9-11,13H2,1-2H3,(H2,19,20,21);1H/t15-;/m1./s1. The molecule has 2 aliphatic heterocycles. The number of aliphatic imine (C=N–C) groups is 1. The van der Waals surface area contributed by atoms with Crippen molar-refractivity contribution in [3.63, 3.8) is 0 Å². The van der Waals surface area contributed by atoms with E-state index < -0.39 is 10.0 Å². The molecule has 158 valence electrons. The number of hydrogen-bond acceptors (Lipinski definition) is 5. The second-order valence-corrected chi connectivity index (χ2v) is 8.66. The number of halogens is 1. The van der Waals surface area contributed by atoms with Gasteiger partial charge in [-0.05, 0) is 31.9 Å². The van der Waals surface area contributed by atoms with Crippen molar-refractivity contribution in [3.8, 4) is 11.5 Å². The van der Waals surface area contributed by atoms with Crippen molar-refractivity contribution in [1.29, 1.82) is 0 Å². The van der Waals surface area contributed by atoms with Gasteiger partial charge in [-0.1, -0.05) is 0 Å². The van der Waals surface area contributed by atoms with Gasteiger partial charge >= 0.3 is 0 Å². The summed E-state index contributed by atoms with van der Waals surface area (Å²) in [4.78, 5) is 4.60. The molecule has 3 rings (SSSR count). The summed E-state index contributed by atoms with van der Waals surface area (Å²) < 4.78 is 36.7. The summed E-state index contributed by atoms with van der Waals surface area (Å²) in [5.41, 5.74) is 0.838. The summed E-state index contributed by atoms with van der Waals surface area (Å²) in [6.45, 7) is 4.98. The maximum atomic E-state index is 11.9. The normalized spacial score (nSPS) is 20.2. The van der Waals surface area contributed by atoms with E-state index >= 15 is 0 Å². The zero-order valence-corrected chi connectivity index (χ0v) is 19.5. The number of sulfonamides is 1. The first-order valence-electron chi connectivity index (χ1n) is 9.39. The number of guanidine groups is 1. The van der Waals surface area contributed by atoms with Gasteiger partial charge in [0.05, 0.1) is 26.0 Å². The molecular formula is C18H29IN4O4S. The van der Waals surface area contributed by atoms with Crippen molar-refractivity contribution in [1.82, 2.24) is 9.62 Å². The van der Waals surface area contributed by atoms with Gasteiger partial charge in [-0.2, -0.15) is 4.31 Å². The number of nitrogens with zero attached hydrogens (tertiary/aromatic N) is 2. The van der Waals surface area contributed by atoms with Gasteiger partial charge in [-0.3, -0.25) is 4.99 Å². The first-order valence-corrected chi connectivity index (χ1v) is 11.2. The second-order valence-electron chi connectivity index (χ2n) is 6.73. The molecule has 1 fully saturated rings. The minimum absolute atomic E-state index is 0. The molecule has 0 aliphatic carbocycles. The molecule has 1 atom stereocenters. The largest absolute Gasteiger partial charge is 0.490 e. The molecule has 0 bridgehead atoms. The summed E-state index contributed by atoms with van der Waals surface area (Å²) in [5.74, 6) is 2.08. The van der Waals surface area contributed by atoms with Crippen molar-refractivity contribution in [2.45, 2.75) is 32.2 Å². The average Bonchev–Trinajstić information content (AvgIpc) is 2.98. The fourth-order valence-electron chi connectivity index (χ4n) is 3.31. The third-order valence-corrected chi connectivity index (χ3v) is 5.90. The Balaban J connectivity index is 0.00000280. The molecule has 0 unspecified atom stereocenters. The zero-order chi connectivity index (χ0) is 19.3. The van der Waals surface area contributed by atoms with Crippen molar-refractivity contribution in [3.05, 3.63) is 18.2 Å². The highest BCUT2D eigenvalue weighted by Crippen LogP contribution is 2.32. The van der Waals surface area contributed by atoms with Crippen LogP contribution in [0.3, 0.4) is 0 Å². The van der Waals surface area contributed by atoms with Crippen LogP contribution in [-0.4, -0.2) is 63.8 Å². The Morgan fingerprint density at radius 3 is 2.71 bits per heavy atom. The number of fused-ring (bicyclic) bond motifs is 1. The number of ether oxygens (including phenoxy) is 2. The van der Waals surface area contributed by atoms with Crippen molar-refractivity contribution < 1.29 is 17.9 Å². The molecule has 8 nitrogen and oxygen atoms in total. The van der Waals surface area contributed by atoms with Crippen molar-refractivity contribution in [2.75, 3.05) is 44.4 Å². The summed E-state index contributed by atoms with van der Waals surface area (Å²) in [7, 11) is -3.19. The van der Waals surface area contributed by atoms with Gasteiger partial charge in [-0.15, -0.1) is 24.0 Å². The molecule has 2 aliphatic rings. The summed E-state index contributed by atoms with van der Waals surface area (Å²) in [6.07, 6.45) is 3.83. The molecule has 0 spiro atoms. The lowest BCUT2D eigenvalue weighted by Crippen LogP contribution is -2.38. The summed E-state index contributed by atoms with van der Waals surface area (Å²) >= 11 is 0. The highest BCUT2D eigenvalue weighted by atomic mass is 127. The van der Waals surface area contributed by atoms with E-state index in [0.717, 1.165) is 30.7 Å². The lowest BCUT2D eigenvalue weighted by molar-refractivity contribution is 0.297. The molecule has 1 aromatic carbocycles. The summed E-state index contributed by atoms with van der Waals surface area (Å²) in [5, 5.41) is 6.46. The van der Waals surface area contributed by atoms with Crippen LogP contribution in [0.25, 0.3) is 0 Å². The molecule has 28 heavy (non-hydrogen) atoms. The molecule has 0 saturated carbocycles. The average molecular weight is 524 g/mol. The van der Waals surface area contributed by atoms with Crippen LogP contribution in [-0.2, 0) is 10.0 Å². The lowest BCUT2D eigenvalue weighted by atomic mass is 10.2.